The van der Waals surface area contributed by atoms with E-state index < -0.39 is 0 Å². The Morgan fingerprint density at radius 3 is 1.52 bits per heavy atom. The van der Waals surface area contributed by atoms with E-state index in [-0.39, 0.29) is 0 Å². The second-order valence-corrected chi connectivity index (χ2v) is 5.78. The van der Waals surface area contributed by atoms with Gasteiger partial charge in [-0.1, -0.05) is 4.86 Å². The van der Waals surface area contributed by atoms with Crippen molar-refractivity contribution in [2.24, 2.45) is 5.11 Å². The van der Waals surface area contributed by atoms with Crippen molar-refractivity contribution in [3.05, 3.63) is 62.9 Å². The maximum Gasteiger partial charge on any atom is 0.245 e. The van der Waals surface area contributed by atoms with Crippen LogP contribution in [0.4, 0.5) is 11.4 Å². The summed E-state index contributed by atoms with van der Waals surface area (Å²) in [7, 11) is 0. The van der Waals surface area contributed by atoms with Crippen LogP contribution in [0, 0.1) is 46.7 Å². The van der Waals surface area contributed by atoms with E-state index in [4.69, 9.17) is 0 Å². The quantitative estimate of drug-likeness (QED) is 0.409. The average Bonchev–Trinajstić information content (AvgIpc) is 2.41. The van der Waals surface area contributed by atoms with E-state index in [9.17, 15) is 5.21 Å². The lowest BCUT2D eigenvalue weighted by atomic mass is 10.0. The fourth-order valence-electron chi connectivity index (χ4n) is 2.36. The van der Waals surface area contributed by atoms with Crippen molar-refractivity contribution in [3.63, 3.8) is 0 Å². The molecule has 0 amide bonds. The van der Waals surface area contributed by atoms with Gasteiger partial charge >= 0.3 is 0 Å². The topological polar surface area (TPSA) is 38.4 Å². The van der Waals surface area contributed by atoms with E-state index >= 15 is 0 Å². The van der Waals surface area contributed by atoms with E-state index in [0.717, 1.165) is 22.3 Å². The van der Waals surface area contributed by atoms with E-state index in [1.165, 1.54) is 11.1 Å². The van der Waals surface area contributed by atoms with Gasteiger partial charge in [0.2, 0.25) is 5.69 Å². The minimum atomic E-state index is 0.575. The maximum atomic E-state index is 12.3. The Kier molecular flexibility index (Phi) is 4.12. The van der Waals surface area contributed by atoms with Crippen molar-refractivity contribution in [1.29, 1.82) is 0 Å². The van der Waals surface area contributed by atoms with Crippen molar-refractivity contribution < 1.29 is 4.86 Å². The molecule has 2 aromatic carbocycles. The predicted octanol–water partition coefficient (Wildman–Crippen LogP) is 5.46. The largest absolute Gasteiger partial charge is 0.594 e. The van der Waals surface area contributed by atoms with Crippen LogP contribution in [0.2, 0.25) is 0 Å². The first kappa shape index (κ1) is 15.2. The molecule has 0 atom stereocenters. The van der Waals surface area contributed by atoms with Crippen molar-refractivity contribution in [2.45, 2.75) is 41.5 Å². The van der Waals surface area contributed by atoms with Gasteiger partial charge in [-0.3, -0.25) is 0 Å². The molecule has 0 spiro atoms. The van der Waals surface area contributed by atoms with Crippen molar-refractivity contribution in [3.8, 4) is 0 Å². The molecule has 0 radical (unpaired) electrons. The summed E-state index contributed by atoms with van der Waals surface area (Å²) in [5.74, 6) is 0. The van der Waals surface area contributed by atoms with Gasteiger partial charge in [0, 0.05) is 17.2 Å². The van der Waals surface area contributed by atoms with Crippen LogP contribution < -0.4 is 0 Å². The Hall–Kier alpha value is -2.16. The first-order chi connectivity index (χ1) is 9.79. The van der Waals surface area contributed by atoms with Crippen LogP contribution in [0.25, 0.3) is 0 Å². The number of aryl methyl sites for hydroxylation is 4. The number of hydrogen-bond donors (Lipinski definition) is 0. The molecule has 110 valence electrons. The molecular formula is C18H22N2O. The zero-order chi connectivity index (χ0) is 15.7. The summed E-state index contributed by atoms with van der Waals surface area (Å²) in [4.78, 5) is 0.711. The molecule has 0 saturated heterocycles. The maximum absolute atomic E-state index is 12.3. The summed E-state index contributed by atoms with van der Waals surface area (Å²) < 4.78 is 0. The molecule has 0 fully saturated rings. The van der Waals surface area contributed by atoms with Gasteiger partial charge in [0.05, 0.1) is 0 Å². The highest BCUT2D eigenvalue weighted by molar-refractivity contribution is 5.48. The smallest absolute Gasteiger partial charge is 0.245 e. The number of hydrogen-bond acceptors (Lipinski definition) is 2. The third-order valence-corrected chi connectivity index (χ3v) is 4.25. The molecule has 0 N–H and O–H groups in total. The minimum Gasteiger partial charge on any atom is -0.594 e. The molecule has 0 aliphatic rings. The molecule has 0 aromatic heterocycles. The molecule has 0 aliphatic heterocycles. The molecule has 0 saturated carbocycles. The van der Waals surface area contributed by atoms with Crippen LogP contribution in [-0.4, -0.2) is 4.86 Å². The fraction of sp³-hybridized carbons (Fsp3) is 0.333. The third kappa shape index (κ3) is 3.13. The molecule has 0 bridgehead atoms. The molecular weight excluding hydrogens is 260 g/mol. The van der Waals surface area contributed by atoms with Crippen molar-refractivity contribution in [1.82, 2.24) is 0 Å². The highest BCUT2D eigenvalue weighted by Gasteiger charge is 2.10. The van der Waals surface area contributed by atoms with Crippen LogP contribution in [0.3, 0.4) is 0 Å². The van der Waals surface area contributed by atoms with E-state index in [1.807, 2.05) is 52.0 Å². The molecule has 3 nitrogen and oxygen atoms in total. The van der Waals surface area contributed by atoms with Gasteiger partial charge in [0.25, 0.3) is 0 Å². The highest BCUT2D eigenvalue weighted by atomic mass is 16.5. The Morgan fingerprint density at radius 1 is 0.714 bits per heavy atom. The second-order valence-electron chi connectivity index (χ2n) is 5.78. The summed E-state index contributed by atoms with van der Waals surface area (Å²) in [6.07, 6.45) is 0. The lowest BCUT2D eigenvalue weighted by molar-refractivity contribution is -0.435. The predicted molar refractivity (Wildman–Crippen MR) is 86.7 cm³/mol. The Labute approximate surface area is 126 Å². The number of azo groups is 1. The van der Waals surface area contributed by atoms with E-state index in [2.05, 4.69) is 19.0 Å². The molecule has 3 heteroatoms. The monoisotopic (exact) mass is 282 g/mol. The molecule has 0 unspecified atom stereocenters. The fourth-order valence-corrected chi connectivity index (χ4v) is 2.36. The van der Waals surface area contributed by atoms with Gasteiger partial charge in [0.1, 0.15) is 5.69 Å². The van der Waals surface area contributed by atoms with Crippen LogP contribution in [-0.2, 0) is 0 Å². The summed E-state index contributed by atoms with van der Waals surface area (Å²) >= 11 is 0. The minimum absolute atomic E-state index is 0.575. The first-order valence-corrected chi connectivity index (χ1v) is 7.14. The number of benzene rings is 2. The van der Waals surface area contributed by atoms with Crippen LogP contribution in [0.5, 0.6) is 0 Å². The van der Waals surface area contributed by atoms with Gasteiger partial charge in [-0.25, -0.2) is 0 Å². The highest BCUT2D eigenvalue weighted by Crippen LogP contribution is 2.25. The lowest BCUT2D eigenvalue weighted by Crippen LogP contribution is -1.95. The Bertz CT molecular complexity index is 684. The van der Waals surface area contributed by atoms with Gasteiger partial charge < -0.3 is 5.21 Å². The summed E-state index contributed by atoms with van der Waals surface area (Å²) in [5, 5.41) is 16.5. The van der Waals surface area contributed by atoms with Gasteiger partial charge in [-0.05, 0) is 87.1 Å². The second kappa shape index (κ2) is 5.68. The SMILES string of the molecule is Cc1cc(N=[N+]([O-])c2cc(C)c(C)c(C)c2)cc(C)c1C. The lowest BCUT2D eigenvalue weighted by Gasteiger charge is -2.08. The van der Waals surface area contributed by atoms with E-state index in [0.29, 0.717) is 16.2 Å². The van der Waals surface area contributed by atoms with E-state index in [1.54, 1.807) is 0 Å². The molecule has 0 heterocycles. The van der Waals surface area contributed by atoms with Gasteiger partial charge in [-0.2, -0.15) is 0 Å². The van der Waals surface area contributed by atoms with Crippen LogP contribution in [0.1, 0.15) is 33.4 Å². The number of nitrogens with zero attached hydrogens (tertiary/aromatic N) is 2. The van der Waals surface area contributed by atoms with Crippen LogP contribution in [0.15, 0.2) is 29.4 Å². The third-order valence-electron chi connectivity index (χ3n) is 4.25. The molecule has 21 heavy (non-hydrogen) atoms. The molecule has 0 aliphatic carbocycles. The molecule has 2 rings (SSSR count). The summed E-state index contributed by atoms with van der Waals surface area (Å²) in [5.41, 5.74) is 8.25. The number of rotatable bonds is 2. The normalized spacial score (nSPS) is 11.8. The van der Waals surface area contributed by atoms with Crippen molar-refractivity contribution >= 4 is 11.4 Å². The average molecular weight is 282 g/mol. The van der Waals surface area contributed by atoms with Crippen molar-refractivity contribution in [2.75, 3.05) is 0 Å². The summed E-state index contributed by atoms with van der Waals surface area (Å²) in [6, 6.07) is 7.65. The standard InChI is InChI=1S/C18H22N2O/c1-11-7-17(8-12(2)15(11)5)19-20(21)18-9-13(3)16(6)14(4)10-18/h7-10H,1-6H3. The molecule has 2 aromatic rings. The summed E-state index contributed by atoms with van der Waals surface area (Å²) in [6.45, 7) is 12.2. The van der Waals surface area contributed by atoms with Crippen LogP contribution >= 0.6 is 0 Å². The first-order valence-electron chi connectivity index (χ1n) is 7.14. The van der Waals surface area contributed by atoms with Gasteiger partial charge in [0.15, 0.2) is 0 Å². The van der Waals surface area contributed by atoms with Gasteiger partial charge in [-0.15, -0.1) is 0 Å². The zero-order valence-corrected chi connectivity index (χ0v) is 13.6. The Morgan fingerprint density at radius 2 is 1.10 bits per heavy atom. The zero-order valence-electron chi connectivity index (χ0n) is 13.6. The Balaban J connectivity index is 2.46.